The first kappa shape index (κ1) is 11.3. The van der Waals surface area contributed by atoms with Crippen molar-refractivity contribution >= 4 is 6.03 Å². The highest BCUT2D eigenvalue weighted by Gasteiger charge is 2.28. The van der Waals surface area contributed by atoms with Gasteiger partial charge in [-0.15, -0.1) is 0 Å². The lowest BCUT2D eigenvalue weighted by Gasteiger charge is -2.23. The average Bonchev–Trinajstić information content (AvgIpc) is 2.63. The van der Waals surface area contributed by atoms with E-state index in [2.05, 4.69) is 5.32 Å². The monoisotopic (exact) mass is 200 g/mol. The van der Waals surface area contributed by atoms with Crippen molar-refractivity contribution in [1.29, 1.82) is 0 Å². The molecule has 0 heterocycles. The van der Waals surface area contributed by atoms with Crippen LogP contribution in [0.5, 0.6) is 0 Å². The van der Waals surface area contributed by atoms with Gasteiger partial charge in [-0.25, -0.2) is 4.79 Å². The van der Waals surface area contributed by atoms with E-state index in [4.69, 9.17) is 5.11 Å². The van der Waals surface area contributed by atoms with Crippen molar-refractivity contribution in [2.45, 2.75) is 32.2 Å². The second-order valence-electron chi connectivity index (χ2n) is 3.94. The summed E-state index contributed by atoms with van der Waals surface area (Å²) < 4.78 is 0. The zero-order valence-corrected chi connectivity index (χ0v) is 8.99. The van der Waals surface area contributed by atoms with Crippen molar-refractivity contribution in [3.05, 3.63) is 0 Å². The van der Waals surface area contributed by atoms with Crippen LogP contribution in [0.3, 0.4) is 0 Å². The molecule has 0 saturated heterocycles. The minimum Gasteiger partial charge on any atom is -0.396 e. The third-order valence-electron chi connectivity index (χ3n) is 3.02. The lowest BCUT2D eigenvalue weighted by molar-refractivity contribution is 0.185. The van der Waals surface area contributed by atoms with Crippen LogP contribution in [0.2, 0.25) is 0 Å². The zero-order valence-electron chi connectivity index (χ0n) is 8.99. The summed E-state index contributed by atoms with van der Waals surface area (Å²) in [5.41, 5.74) is 0. The summed E-state index contributed by atoms with van der Waals surface area (Å²) in [4.78, 5) is 13.2. The standard InChI is InChI=1S/C10H20N2O2/c1-3-12(2)10(14)11-9-6-4-5-8(9)7-13/h8-9,13H,3-7H2,1-2H3,(H,11,14). The van der Waals surface area contributed by atoms with Gasteiger partial charge < -0.3 is 15.3 Å². The molecule has 1 rings (SSSR count). The Morgan fingerprint density at radius 1 is 1.57 bits per heavy atom. The van der Waals surface area contributed by atoms with E-state index in [0.29, 0.717) is 6.54 Å². The molecule has 4 nitrogen and oxygen atoms in total. The number of hydrogen-bond acceptors (Lipinski definition) is 2. The topological polar surface area (TPSA) is 52.6 Å². The molecule has 0 bridgehead atoms. The summed E-state index contributed by atoms with van der Waals surface area (Å²) in [6.45, 7) is 2.83. The third kappa shape index (κ3) is 2.61. The SMILES string of the molecule is CCN(C)C(=O)NC1CCCC1CO. The average molecular weight is 200 g/mol. The quantitative estimate of drug-likeness (QED) is 0.708. The lowest BCUT2D eigenvalue weighted by Crippen LogP contribution is -2.45. The molecule has 1 saturated carbocycles. The van der Waals surface area contributed by atoms with Gasteiger partial charge in [0.15, 0.2) is 0 Å². The molecule has 1 fully saturated rings. The molecule has 2 N–H and O–H groups in total. The van der Waals surface area contributed by atoms with Crippen molar-refractivity contribution in [2.24, 2.45) is 5.92 Å². The summed E-state index contributed by atoms with van der Waals surface area (Å²) in [6, 6.07) is 0.138. The molecule has 1 aliphatic rings. The second kappa shape index (κ2) is 5.20. The van der Waals surface area contributed by atoms with Crippen molar-refractivity contribution in [1.82, 2.24) is 10.2 Å². The summed E-state index contributed by atoms with van der Waals surface area (Å²) >= 11 is 0. The Kier molecular flexibility index (Phi) is 4.20. The molecule has 2 unspecified atom stereocenters. The Balaban J connectivity index is 2.39. The van der Waals surface area contributed by atoms with Crippen LogP contribution in [0.25, 0.3) is 0 Å². The van der Waals surface area contributed by atoms with Gasteiger partial charge in [0.2, 0.25) is 0 Å². The molecule has 82 valence electrons. The third-order valence-corrected chi connectivity index (χ3v) is 3.02. The maximum Gasteiger partial charge on any atom is 0.317 e. The molecule has 0 radical (unpaired) electrons. The molecule has 4 heteroatoms. The molecule has 0 spiro atoms. The number of nitrogens with one attached hydrogen (secondary N) is 1. The molecule has 2 atom stereocenters. The number of nitrogens with zero attached hydrogens (tertiary/aromatic N) is 1. The van der Waals surface area contributed by atoms with Gasteiger partial charge in [-0.3, -0.25) is 0 Å². The Hall–Kier alpha value is -0.770. The van der Waals surface area contributed by atoms with Gasteiger partial charge in [0.25, 0.3) is 0 Å². The molecule has 14 heavy (non-hydrogen) atoms. The minimum atomic E-state index is -0.0298. The number of rotatable bonds is 3. The molecule has 2 amide bonds. The van der Waals surface area contributed by atoms with E-state index in [1.807, 2.05) is 6.92 Å². The van der Waals surface area contributed by atoms with E-state index in [9.17, 15) is 4.79 Å². The summed E-state index contributed by atoms with van der Waals surface area (Å²) in [6.07, 6.45) is 3.12. The Bertz CT molecular complexity index is 197. The van der Waals surface area contributed by atoms with E-state index in [0.717, 1.165) is 19.3 Å². The van der Waals surface area contributed by atoms with E-state index >= 15 is 0 Å². The van der Waals surface area contributed by atoms with Crippen molar-refractivity contribution in [3.63, 3.8) is 0 Å². The van der Waals surface area contributed by atoms with Gasteiger partial charge >= 0.3 is 6.03 Å². The second-order valence-corrected chi connectivity index (χ2v) is 3.94. The minimum absolute atomic E-state index is 0.0298. The Labute approximate surface area is 85.3 Å². The van der Waals surface area contributed by atoms with Gasteiger partial charge in [-0.2, -0.15) is 0 Å². The van der Waals surface area contributed by atoms with Gasteiger partial charge in [-0.05, 0) is 19.8 Å². The highest BCUT2D eigenvalue weighted by Crippen LogP contribution is 2.24. The van der Waals surface area contributed by atoms with Crippen LogP contribution in [-0.4, -0.2) is 42.3 Å². The van der Waals surface area contributed by atoms with Gasteiger partial charge in [0, 0.05) is 32.2 Å². The maximum atomic E-state index is 11.5. The summed E-state index contributed by atoms with van der Waals surface area (Å²) in [5, 5.41) is 12.0. The number of aliphatic hydroxyl groups excluding tert-OH is 1. The van der Waals surface area contributed by atoms with E-state index in [1.54, 1.807) is 11.9 Å². The number of carbonyl (C=O) groups is 1. The summed E-state index contributed by atoms with van der Waals surface area (Å²) in [5.74, 6) is 0.254. The molecule has 0 aliphatic heterocycles. The van der Waals surface area contributed by atoms with Crippen LogP contribution in [0.1, 0.15) is 26.2 Å². The van der Waals surface area contributed by atoms with Crippen molar-refractivity contribution in [3.8, 4) is 0 Å². The van der Waals surface area contributed by atoms with Crippen LogP contribution in [0, 0.1) is 5.92 Å². The fraction of sp³-hybridized carbons (Fsp3) is 0.900. The highest BCUT2D eigenvalue weighted by molar-refractivity contribution is 5.74. The van der Waals surface area contributed by atoms with Gasteiger partial charge in [-0.1, -0.05) is 6.42 Å². The number of amides is 2. The van der Waals surface area contributed by atoms with Gasteiger partial charge in [0.05, 0.1) is 0 Å². The van der Waals surface area contributed by atoms with Crippen molar-refractivity contribution in [2.75, 3.05) is 20.2 Å². The normalized spacial score (nSPS) is 26.2. The number of hydrogen-bond donors (Lipinski definition) is 2. The highest BCUT2D eigenvalue weighted by atomic mass is 16.3. The van der Waals surface area contributed by atoms with E-state index in [-0.39, 0.29) is 24.6 Å². The smallest absolute Gasteiger partial charge is 0.317 e. The van der Waals surface area contributed by atoms with E-state index < -0.39 is 0 Å². The molecular formula is C10H20N2O2. The first-order valence-electron chi connectivity index (χ1n) is 5.31. The molecule has 0 aromatic carbocycles. The molecule has 0 aromatic heterocycles. The van der Waals surface area contributed by atoms with Crippen LogP contribution >= 0.6 is 0 Å². The fourth-order valence-electron chi connectivity index (χ4n) is 1.86. The first-order valence-corrected chi connectivity index (χ1v) is 5.31. The number of urea groups is 1. The predicted molar refractivity (Wildman–Crippen MR) is 55.1 cm³/mol. The summed E-state index contributed by atoms with van der Waals surface area (Å²) in [7, 11) is 1.78. The maximum absolute atomic E-state index is 11.5. The zero-order chi connectivity index (χ0) is 10.6. The van der Waals surface area contributed by atoms with Crippen LogP contribution in [-0.2, 0) is 0 Å². The largest absolute Gasteiger partial charge is 0.396 e. The number of carbonyl (C=O) groups excluding carboxylic acids is 1. The Morgan fingerprint density at radius 3 is 2.86 bits per heavy atom. The molecular weight excluding hydrogens is 180 g/mol. The van der Waals surface area contributed by atoms with Crippen LogP contribution < -0.4 is 5.32 Å². The predicted octanol–water partition coefficient (Wildman–Crippen LogP) is 0.809. The van der Waals surface area contributed by atoms with E-state index in [1.165, 1.54) is 0 Å². The van der Waals surface area contributed by atoms with Crippen LogP contribution in [0.15, 0.2) is 0 Å². The van der Waals surface area contributed by atoms with Crippen molar-refractivity contribution < 1.29 is 9.90 Å². The molecule has 1 aliphatic carbocycles. The molecule has 0 aromatic rings. The fourth-order valence-corrected chi connectivity index (χ4v) is 1.86. The first-order chi connectivity index (χ1) is 6.69. The lowest BCUT2D eigenvalue weighted by atomic mass is 10.1. The van der Waals surface area contributed by atoms with Gasteiger partial charge in [0.1, 0.15) is 0 Å². The number of aliphatic hydroxyl groups is 1. The Morgan fingerprint density at radius 2 is 2.29 bits per heavy atom. The van der Waals surface area contributed by atoms with Crippen LogP contribution in [0.4, 0.5) is 4.79 Å².